The number of rotatable bonds is 6. The molecule has 2 aromatic heterocycles. The number of aromatic nitrogens is 3. The zero-order chi connectivity index (χ0) is 16.2. The third kappa shape index (κ3) is 3.98. The van der Waals surface area contributed by atoms with Gasteiger partial charge in [0, 0.05) is 21.4 Å². The van der Waals surface area contributed by atoms with E-state index in [0.29, 0.717) is 26.8 Å². The van der Waals surface area contributed by atoms with Crippen LogP contribution in [-0.4, -0.2) is 26.4 Å². The molecule has 0 aliphatic heterocycles. The molecule has 0 amide bonds. The minimum Gasteiger partial charge on any atom is -0.461 e. The molecular formula is C14H12Cl2N4OS2. The number of nitrogens with zero attached hydrogens (tertiary/aromatic N) is 3. The molecule has 5 nitrogen and oxygen atoms in total. The molecule has 0 radical (unpaired) electrons. The van der Waals surface area contributed by atoms with Crippen molar-refractivity contribution in [2.45, 2.75) is 10.1 Å². The van der Waals surface area contributed by atoms with E-state index in [9.17, 15) is 0 Å². The summed E-state index contributed by atoms with van der Waals surface area (Å²) in [5.41, 5.74) is 0. The van der Waals surface area contributed by atoms with Crippen molar-refractivity contribution < 1.29 is 4.42 Å². The first kappa shape index (κ1) is 16.6. The van der Waals surface area contributed by atoms with E-state index in [1.165, 1.54) is 16.4 Å². The summed E-state index contributed by atoms with van der Waals surface area (Å²) in [5, 5.41) is 10.1. The Morgan fingerprint density at radius 1 is 1.13 bits per heavy atom. The Morgan fingerprint density at radius 3 is 2.74 bits per heavy atom. The van der Waals surface area contributed by atoms with Gasteiger partial charge in [0.25, 0.3) is 0 Å². The lowest BCUT2D eigenvalue weighted by atomic mass is 10.4. The quantitative estimate of drug-likeness (QED) is 0.383. The van der Waals surface area contributed by atoms with Gasteiger partial charge in [-0.25, -0.2) is 4.68 Å². The van der Waals surface area contributed by atoms with Gasteiger partial charge >= 0.3 is 0 Å². The normalized spacial score (nSPS) is 11.0. The van der Waals surface area contributed by atoms with Crippen LogP contribution in [0.1, 0.15) is 0 Å². The van der Waals surface area contributed by atoms with Gasteiger partial charge < -0.3 is 10.3 Å². The van der Waals surface area contributed by atoms with Crippen molar-refractivity contribution in [1.82, 2.24) is 14.9 Å². The van der Waals surface area contributed by atoms with Crippen molar-refractivity contribution in [3.8, 4) is 11.6 Å². The van der Waals surface area contributed by atoms with Gasteiger partial charge in [0.05, 0.1) is 11.3 Å². The van der Waals surface area contributed by atoms with Crippen LogP contribution in [0.2, 0.25) is 10.0 Å². The molecule has 0 spiro atoms. The van der Waals surface area contributed by atoms with Crippen LogP contribution in [0.5, 0.6) is 0 Å². The highest BCUT2D eigenvalue weighted by Crippen LogP contribution is 2.31. The first-order valence-electron chi connectivity index (χ1n) is 6.60. The summed E-state index contributed by atoms with van der Waals surface area (Å²) in [6.07, 6.45) is 1.57. The number of halogens is 2. The van der Waals surface area contributed by atoms with E-state index in [4.69, 9.17) is 33.5 Å². The highest BCUT2D eigenvalue weighted by atomic mass is 35.5. The summed E-state index contributed by atoms with van der Waals surface area (Å²) < 4.78 is 6.71. The highest BCUT2D eigenvalue weighted by molar-refractivity contribution is 8.02. The van der Waals surface area contributed by atoms with Crippen LogP contribution in [0, 0.1) is 0 Å². The summed E-state index contributed by atoms with van der Waals surface area (Å²) >= 11 is 15.3. The van der Waals surface area contributed by atoms with Crippen molar-refractivity contribution in [1.29, 1.82) is 0 Å². The van der Waals surface area contributed by atoms with E-state index in [1.54, 1.807) is 42.3 Å². The van der Waals surface area contributed by atoms with Crippen LogP contribution in [0.15, 0.2) is 51.1 Å². The fraction of sp³-hybridized carbons (Fsp3) is 0.143. The lowest BCUT2D eigenvalue weighted by Gasteiger charge is -2.05. The van der Waals surface area contributed by atoms with Gasteiger partial charge in [-0.2, -0.15) is 0 Å². The number of nitrogen functional groups attached to an aromatic ring is 1. The maximum atomic E-state index is 6.13. The Balaban J connectivity index is 1.56. The first-order chi connectivity index (χ1) is 11.1. The average molecular weight is 387 g/mol. The molecule has 120 valence electrons. The van der Waals surface area contributed by atoms with Gasteiger partial charge in [-0.15, -0.1) is 22.0 Å². The van der Waals surface area contributed by atoms with Crippen molar-refractivity contribution in [3.63, 3.8) is 0 Å². The molecule has 0 atom stereocenters. The SMILES string of the molecule is Nn1c(SCCSc2cc(Cl)ccc2Cl)nnc1-c1ccco1. The number of benzene rings is 1. The Morgan fingerprint density at radius 2 is 1.96 bits per heavy atom. The van der Waals surface area contributed by atoms with Crippen LogP contribution >= 0.6 is 46.7 Å². The second kappa shape index (κ2) is 7.53. The van der Waals surface area contributed by atoms with Gasteiger partial charge in [0.1, 0.15) is 0 Å². The van der Waals surface area contributed by atoms with E-state index in [-0.39, 0.29) is 0 Å². The summed E-state index contributed by atoms with van der Waals surface area (Å²) in [5.74, 6) is 8.74. The molecule has 1 aromatic carbocycles. The smallest absolute Gasteiger partial charge is 0.218 e. The minimum atomic E-state index is 0.503. The van der Waals surface area contributed by atoms with Gasteiger partial charge in [0.15, 0.2) is 5.76 Å². The second-order valence-electron chi connectivity index (χ2n) is 4.43. The van der Waals surface area contributed by atoms with Crippen molar-refractivity contribution in [3.05, 3.63) is 46.6 Å². The molecule has 3 rings (SSSR count). The zero-order valence-corrected chi connectivity index (χ0v) is 14.9. The largest absolute Gasteiger partial charge is 0.461 e. The van der Waals surface area contributed by atoms with Crippen molar-refractivity contribution in [2.75, 3.05) is 17.3 Å². The Bertz CT molecular complexity index is 792. The summed E-state index contributed by atoms with van der Waals surface area (Å²) in [6.45, 7) is 0. The molecule has 3 aromatic rings. The summed E-state index contributed by atoms with van der Waals surface area (Å²) in [4.78, 5) is 0.963. The maximum absolute atomic E-state index is 6.13. The fourth-order valence-corrected chi connectivity index (χ4v) is 4.15. The Labute approximate surface area is 151 Å². The molecule has 0 fully saturated rings. The zero-order valence-electron chi connectivity index (χ0n) is 11.8. The molecule has 0 saturated heterocycles. The molecule has 0 aliphatic carbocycles. The second-order valence-corrected chi connectivity index (χ2v) is 7.47. The standard InChI is InChI=1S/C14H12Cl2N4OS2/c15-9-3-4-10(16)12(8-9)22-6-7-23-14-19-18-13(20(14)17)11-2-1-5-21-11/h1-5,8H,6-7,17H2. The Hall–Kier alpha value is -1.28. The maximum Gasteiger partial charge on any atom is 0.218 e. The molecule has 2 heterocycles. The van der Waals surface area contributed by atoms with Gasteiger partial charge in [-0.3, -0.25) is 0 Å². The lowest BCUT2D eigenvalue weighted by Crippen LogP contribution is -2.11. The summed E-state index contributed by atoms with van der Waals surface area (Å²) in [6, 6.07) is 9.00. The number of thioether (sulfide) groups is 2. The lowest BCUT2D eigenvalue weighted by molar-refractivity contribution is 0.574. The van der Waals surface area contributed by atoms with Gasteiger partial charge in [-0.1, -0.05) is 35.0 Å². The molecule has 0 unspecified atom stereocenters. The summed E-state index contributed by atoms with van der Waals surface area (Å²) in [7, 11) is 0. The molecular weight excluding hydrogens is 375 g/mol. The van der Waals surface area contributed by atoms with Crippen LogP contribution in [0.25, 0.3) is 11.6 Å². The van der Waals surface area contributed by atoms with Crippen molar-refractivity contribution in [2.24, 2.45) is 0 Å². The molecule has 23 heavy (non-hydrogen) atoms. The number of hydrogen-bond donors (Lipinski definition) is 1. The third-order valence-electron chi connectivity index (χ3n) is 2.87. The number of nitrogens with two attached hydrogens (primary N) is 1. The molecule has 0 saturated carbocycles. The van der Waals surface area contributed by atoms with E-state index in [0.717, 1.165) is 16.4 Å². The van der Waals surface area contributed by atoms with E-state index in [1.807, 2.05) is 6.07 Å². The van der Waals surface area contributed by atoms with E-state index < -0.39 is 0 Å². The van der Waals surface area contributed by atoms with Crippen molar-refractivity contribution >= 4 is 46.7 Å². The first-order valence-corrected chi connectivity index (χ1v) is 9.33. The molecule has 9 heteroatoms. The molecule has 0 aliphatic rings. The third-order valence-corrected chi connectivity index (χ3v) is 5.81. The van der Waals surface area contributed by atoms with Gasteiger partial charge in [0.2, 0.25) is 11.0 Å². The topological polar surface area (TPSA) is 69.9 Å². The van der Waals surface area contributed by atoms with Crippen LogP contribution in [-0.2, 0) is 0 Å². The number of furan rings is 1. The molecule has 0 bridgehead atoms. The molecule has 2 N–H and O–H groups in total. The van der Waals surface area contributed by atoms with E-state index >= 15 is 0 Å². The predicted octanol–water partition coefficient (Wildman–Crippen LogP) is 4.44. The minimum absolute atomic E-state index is 0.503. The van der Waals surface area contributed by atoms with Crippen LogP contribution in [0.3, 0.4) is 0 Å². The Kier molecular flexibility index (Phi) is 5.42. The van der Waals surface area contributed by atoms with Gasteiger partial charge in [-0.05, 0) is 30.3 Å². The van der Waals surface area contributed by atoms with Crippen LogP contribution in [0.4, 0.5) is 0 Å². The van der Waals surface area contributed by atoms with Crippen LogP contribution < -0.4 is 5.84 Å². The fourth-order valence-electron chi connectivity index (χ4n) is 1.82. The number of hydrogen-bond acceptors (Lipinski definition) is 6. The van der Waals surface area contributed by atoms with E-state index in [2.05, 4.69) is 10.2 Å². The average Bonchev–Trinajstić information content (AvgIpc) is 3.17. The predicted molar refractivity (Wildman–Crippen MR) is 95.8 cm³/mol. The monoisotopic (exact) mass is 386 g/mol. The highest BCUT2D eigenvalue weighted by Gasteiger charge is 2.14.